The Hall–Kier alpha value is -2.83. The molecule has 0 bridgehead atoms. The Balaban J connectivity index is 1.57. The number of para-hydroxylation sites is 1. The number of benzene rings is 2. The van der Waals surface area contributed by atoms with Crippen molar-refractivity contribution in [2.75, 3.05) is 20.8 Å². The minimum Gasteiger partial charge on any atom is -0.493 e. The van der Waals surface area contributed by atoms with Gasteiger partial charge in [0.2, 0.25) is 0 Å². The lowest BCUT2D eigenvalue weighted by Gasteiger charge is -2.31. The van der Waals surface area contributed by atoms with Crippen LogP contribution in [0, 0.1) is 11.7 Å². The molecular formula is C27H28ClFN2O3. The van der Waals surface area contributed by atoms with E-state index in [0.29, 0.717) is 52.2 Å². The zero-order valence-electron chi connectivity index (χ0n) is 19.4. The van der Waals surface area contributed by atoms with E-state index < -0.39 is 0 Å². The lowest BCUT2D eigenvalue weighted by molar-refractivity contribution is 0.236. The SMILES string of the molecule is COc1cccc(-c2cc3c(n(CC4CC4)c2=O)CCN(Cc2c(F)cccc2Cl)C3)c1OC. The largest absolute Gasteiger partial charge is 0.493 e. The smallest absolute Gasteiger partial charge is 0.258 e. The van der Waals surface area contributed by atoms with E-state index in [-0.39, 0.29) is 11.4 Å². The van der Waals surface area contributed by atoms with Crippen LogP contribution in [0.3, 0.4) is 0 Å². The molecule has 5 rings (SSSR count). The molecule has 1 aliphatic heterocycles. The second-order valence-electron chi connectivity index (χ2n) is 9.09. The van der Waals surface area contributed by atoms with Gasteiger partial charge in [0.05, 0.1) is 19.8 Å². The third kappa shape index (κ3) is 4.32. The Labute approximate surface area is 203 Å². The van der Waals surface area contributed by atoms with Gasteiger partial charge in [-0.15, -0.1) is 0 Å². The van der Waals surface area contributed by atoms with E-state index in [1.165, 1.54) is 6.07 Å². The third-order valence-electron chi connectivity index (χ3n) is 6.82. The van der Waals surface area contributed by atoms with Crippen molar-refractivity contribution in [1.29, 1.82) is 0 Å². The summed E-state index contributed by atoms with van der Waals surface area (Å²) in [4.78, 5) is 15.9. The first-order valence-corrected chi connectivity index (χ1v) is 12.0. The third-order valence-corrected chi connectivity index (χ3v) is 7.18. The van der Waals surface area contributed by atoms with Gasteiger partial charge in [0.25, 0.3) is 5.56 Å². The maximum absolute atomic E-state index is 14.4. The summed E-state index contributed by atoms with van der Waals surface area (Å²) in [5.41, 5.74) is 3.99. The molecule has 34 heavy (non-hydrogen) atoms. The Morgan fingerprint density at radius 2 is 1.88 bits per heavy atom. The van der Waals surface area contributed by atoms with E-state index in [1.54, 1.807) is 26.4 Å². The number of rotatable bonds is 7. The molecule has 1 aromatic heterocycles. The number of hydrogen-bond donors (Lipinski definition) is 0. The van der Waals surface area contributed by atoms with Crippen molar-refractivity contribution in [3.8, 4) is 22.6 Å². The highest BCUT2D eigenvalue weighted by Gasteiger charge is 2.29. The number of fused-ring (bicyclic) bond motifs is 1. The first kappa shape index (κ1) is 22.9. The molecule has 0 unspecified atom stereocenters. The molecule has 178 valence electrons. The molecule has 1 aliphatic carbocycles. The van der Waals surface area contributed by atoms with Crippen LogP contribution in [0.25, 0.3) is 11.1 Å². The molecule has 2 heterocycles. The van der Waals surface area contributed by atoms with Crippen LogP contribution >= 0.6 is 11.6 Å². The topological polar surface area (TPSA) is 43.7 Å². The van der Waals surface area contributed by atoms with Gasteiger partial charge >= 0.3 is 0 Å². The fourth-order valence-electron chi connectivity index (χ4n) is 4.86. The summed E-state index contributed by atoms with van der Waals surface area (Å²) >= 11 is 6.29. The standard InChI is InChI=1S/C27H28ClFN2O3/c1-33-25-8-3-5-19(26(25)34-2)20-13-18-15-30(16-21-22(28)6-4-7-23(21)29)12-11-24(18)31(27(20)32)14-17-9-10-17/h3-8,13,17H,9-12,14-16H2,1-2H3. The maximum Gasteiger partial charge on any atom is 0.258 e. The summed E-state index contributed by atoms with van der Waals surface area (Å²) in [6, 6.07) is 12.4. The van der Waals surface area contributed by atoms with Crippen molar-refractivity contribution in [2.24, 2.45) is 5.92 Å². The molecule has 0 spiro atoms. The molecule has 2 aromatic carbocycles. The minimum absolute atomic E-state index is 0.00259. The molecule has 0 N–H and O–H groups in total. The van der Waals surface area contributed by atoms with E-state index in [0.717, 1.165) is 43.6 Å². The molecule has 1 saturated carbocycles. The van der Waals surface area contributed by atoms with Crippen molar-refractivity contribution in [3.05, 3.63) is 80.5 Å². The second kappa shape index (κ2) is 9.43. The van der Waals surface area contributed by atoms with E-state index in [1.807, 2.05) is 28.8 Å². The van der Waals surface area contributed by atoms with Gasteiger partial charge in [-0.2, -0.15) is 0 Å². The molecule has 5 nitrogen and oxygen atoms in total. The molecule has 1 fully saturated rings. The Bertz CT molecular complexity index is 1270. The number of aromatic nitrogens is 1. The monoisotopic (exact) mass is 482 g/mol. The van der Waals surface area contributed by atoms with Crippen molar-refractivity contribution < 1.29 is 13.9 Å². The minimum atomic E-state index is -0.293. The predicted molar refractivity (Wildman–Crippen MR) is 131 cm³/mol. The number of methoxy groups -OCH3 is 2. The summed E-state index contributed by atoms with van der Waals surface area (Å²) in [5, 5.41) is 0.436. The predicted octanol–water partition coefficient (Wildman–Crippen LogP) is 5.29. The van der Waals surface area contributed by atoms with Crippen LogP contribution in [0.5, 0.6) is 11.5 Å². The lowest BCUT2D eigenvalue weighted by atomic mass is 9.97. The van der Waals surface area contributed by atoms with E-state index in [2.05, 4.69) is 4.90 Å². The molecule has 0 amide bonds. The van der Waals surface area contributed by atoms with Gasteiger partial charge in [0.15, 0.2) is 11.5 Å². The van der Waals surface area contributed by atoms with Crippen molar-refractivity contribution in [2.45, 2.75) is 38.9 Å². The van der Waals surface area contributed by atoms with Gasteiger partial charge in [0.1, 0.15) is 5.82 Å². The number of ether oxygens (including phenoxy) is 2. The summed E-state index contributed by atoms with van der Waals surface area (Å²) in [5.74, 6) is 1.39. The van der Waals surface area contributed by atoms with Crippen molar-refractivity contribution in [3.63, 3.8) is 0 Å². The van der Waals surface area contributed by atoms with E-state index >= 15 is 0 Å². The molecule has 2 aliphatic rings. The van der Waals surface area contributed by atoms with Gasteiger partial charge in [-0.1, -0.05) is 29.8 Å². The van der Waals surface area contributed by atoms with Gasteiger partial charge in [0, 0.05) is 54.4 Å². The van der Waals surface area contributed by atoms with E-state index in [4.69, 9.17) is 21.1 Å². The van der Waals surface area contributed by atoms with Crippen LogP contribution in [0.4, 0.5) is 4.39 Å². The number of halogens is 2. The number of hydrogen-bond acceptors (Lipinski definition) is 4. The zero-order valence-corrected chi connectivity index (χ0v) is 20.2. The average molecular weight is 483 g/mol. The maximum atomic E-state index is 14.4. The van der Waals surface area contributed by atoms with Crippen molar-refractivity contribution in [1.82, 2.24) is 9.47 Å². The van der Waals surface area contributed by atoms with E-state index in [9.17, 15) is 9.18 Å². The summed E-state index contributed by atoms with van der Waals surface area (Å²) < 4.78 is 27.5. The van der Waals surface area contributed by atoms with Crippen molar-refractivity contribution >= 4 is 11.6 Å². The molecule has 3 aromatic rings. The van der Waals surface area contributed by atoms with Gasteiger partial charge in [-0.3, -0.25) is 9.69 Å². The summed E-state index contributed by atoms with van der Waals surface area (Å²) in [6.45, 7) is 2.51. The second-order valence-corrected chi connectivity index (χ2v) is 9.50. The van der Waals surface area contributed by atoms with Crippen LogP contribution in [-0.2, 0) is 26.1 Å². The molecule has 0 radical (unpaired) electrons. The fourth-order valence-corrected chi connectivity index (χ4v) is 5.09. The summed E-state index contributed by atoms with van der Waals surface area (Å²) in [7, 11) is 3.17. The molecule has 7 heteroatoms. The zero-order chi connectivity index (χ0) is 23.8. The highest BCUT2D eigenvalue weighted by Crippen LogP contribution is 2.38. The van der Waals surface area contributed by atoms with Crippen LogP contribution in [0.2, 0.25) is 5.02 Å². The van der Waals surface area contributed by atoms with Gasteiger partial charge < -0.3 is 14.0 Å². The quantitative estimate of drug-likeness (QED) is 0.459. The Morgan fingerprint density at radius 3 is 2.59 bits per heavy atom. The van der Waals surface area contributed by atoms with Crippen LogP contribution in [-0.4, -0.2) is 30.2 Å². The number of pyridine rings is 1. The van der Waals surface area contributed by atoms with Crippen LogP contribution in [0.15, 0.2) is 47.3 Å². The molecular weight excluding hydrogens is 455 g/mol. The van der Waals surface area contributed by atoms with Gasteiger partial charge in [-0.05, 0) is 48.6 Å². The normalized spacial score (nSPS) is 15.8. The lowest BCUT2D eigenvalue weighted by Crippen LogP contribution is -2.36. The number of nitrogens with zero attached hydrogens (tertiary/aromatic N) is 2. The average Bonchev–Trinajstić information content (AvgIpc) is 3.66. The Morgan fingerprint density at radius 1 is 1.09 bits per heavy atom. The molecule has 0 atom stereocenters. The summed E-state index contributed by atoms with van der Waals surface area (Å²) in [6.07, 6.45) is 3.05. The van der Waals surface area contributed by atoms with Gasteiger partial charge in [-0.25, -0.2) is 4.39 Å². The molecule has 0 saturated heterocycles. The highest BCUT2D eigenvalue weighted by atomic mass is 35.5. The first-order valence-electron chi connectivity index (χ1n) is 11.6. The van der Waals surface area contributed by atoms with Crippen LogP contribution < -0.4 is 15.0 Å². The van der Waals surface area contributed by atoms with Crippen LogP contribution in [0.1, 0.15) is 29.7 Å². The highest BCUT2D eigenvalue weighted by molar-refractivity contribution is 6.31. The Kier molecular flexibility index (Phi) is 6.36. The first-order chi connectivity index (χ1) is 16.5. The fraction of sp³-hybridized carbons (Fsp3) is 0.370.